The molecule has 1 atom stereocenters. The van der Waals surface area contributed by atoms with Crippen LogP contribution in [0, 0.1) is 5.92 Å². The summed E-state index contributed by atoms with van der Waals surface area (Å²) in [5, 5.41) is 10.7. The first-order valence-corrected chi connectivity index (χ1v) is 11.2. The van der Waals surface area contributed by atoms with E-state index in [0.29, 0.717) is 12.0 Å². The third-order valence-corrected chi connectivity index (χ3v) is 6.26. The van der Waals surface area contributed by atoms with Crippen molar-refractivity contribution in [1.29, 1.82) is 0 Å². The zero-order chi connectivity index (χ0) is 18.2. The molecule has 5 nitrogen and oxygen atoms in total. The maximum Gasteiger partial charge on any atom is 0.191 e. The van der Waals surface area contributed by atoms with Gasteiger partial charge in [0.1, 0.15) is 0 Å². The highest BCUT2D eigenvalue weighted by Gasteiger charge is 2.21. The predicted molar refractivity (Wildman–Crippen MR) is 129 cm³/mol. The van der Waals surface area contributed by atoms with Gasteiger partial charge in [0.05, 0.1) is 5.00 Å². The highest BCUT2D eigenvalue weighted by molar-refractivity contribution is 14.0. The highest BCUT2D eigenvalue weighted by atomic mass is 127. The van der Waals surface area contributed by atoms with Crippen LogP contribution in [0.25, 0.3) is 0 Å². The summed E-state index contributed by atoms with van der Waals surface area (Å²) in [5.74, 6) is 1.61. The zero-order valence-electron chi connectivity index (χ0n) is 16.8. The van der Waals surface area contributed by atoms with Crippen molar-refractivity contribution in [2.45, 2.75) is 45.6 Å². The molecule has 2 N–H and O–H groups in total. The Morgan fingerprint density at radius 3 is 2.63 bits per heavy atom. The van der Waals surface area contributed by atoms with E-state index in [0.717, 1.165) is 32.1 Å². The van der Waals surface area contributed by atoms with Gasteiger partial charge >= 0.3 is 0 Å². The van der Waals surface area contributed by atoms with Gasteiger partial charge in [0, 0.05) is 38.8 Å². The topological polar surface area (TPSA) is 42.9 Å². The van der Waals surface area contributed by atoms with E-state index in [-0.39, 0.29) is 24.0 Å². The van der Waals surface area contributed by atoms with E-state index in [1.807, 2.05) is 11.3 Å². The molecule has 0 aromatic carbocycles. The van der Waals surface area contributed by atoms with Crippen molar-refractivity contribution in [3.63, 3.8) is 0 Å². The second-order valence-electron chi connectivity index (χ2n) is 7.69. The smallest absolute Gasteiger partial charge is 0.191 e. The molecule has 0 saturated carbocycles. The van der Waals surface area contributed by atoms with E-state index in [4.69, 9.17) is 4.99 Å². The number of thiophene rings is 1. The van der Waals surface area contributed by atoms with E-state index in [2.05, 4.69) is 51.8 Å². The minimum Gasteiger partial charge on any atom is -0.363 e. The molecule has 0 bridgehead atoms. The van der Waals surface area contributed by atoms with Crippen LogP contribution in [0.1, 0.15) is 39.5 Å². The van der Waals surface area contributed by atoms with Crippen LogP contribution in [0.15, 0.2) is 22.5 Å². The van der Waals surface area contributed by atoms with E-state index >= 15 is 0 Å². The van der Waals surface area contributed by atoms with Gasteiger partial charge in [0.2, 0.25) is 0 Å². The summed E-state index contributed by atoms with van der Waals surface area (Å²) >= 11 is 1.84. The molecule has 1 aromatic rings. The molecule has 0 radical (unpaired) electrons. The summed E-state index contributed by atoms with van der Waals surface area (Å²) in [6.07, 6.45) is 5.08. The average molecular weight is 506 g/mol. The molecular weight excluding hydrogens is 469 g/mol. The summed E-state index contributed by atoms with van der Waals surface area (Å²) < 4.78 is 0. The summed E-state index contributed by atoms with van der Waals surface area (Å²) in [6.45, 7) is 12.3. The number of hydrogen-bond acceptors (Lipinski definition) is 4. The number of hydrogen-bond donors (Lipinski definition) is 2. The van der Waals surface area contributed by atoms with Crippen molar-refractivity contribution in [2.24, 2.45) is 10.9 Å². The highest BCUT2D eigenvalue weighted by Crippen LogP contribution is 2.24. The van der Waals surface area contributed by atoms with Crippen LogP contribution >= 0.6 is 35.3 Å². The van der Waals surface area contributed by atoms with Crippen molar-refractivity contribution in [2.75, 3.05) is 50.7 Å². The van der Waals surface area contributed by atoms with Gasteiger partial charge in [-0.25, -0.2) is 0 Å². The number of anilines is 1. The van der Waals surface area contributed by atoms with Gasteiger partial charge in [-0.3, -0.25) is 4.99 Å². The van der Waals surface area contributed by atoms with Crippen molar-refractivity contribution in [3.8, 4) is 0 Å². The molecule has 27 heavy (non-hydrogen) atoms. The molecule has 3 heterocycles. The lowest BCUT2D eigenvalue weighted by molar-refractivity contribution is 0.291. The molecule has 2 saturated heterocycles. The van der Waals surface area contributed by atoms with Crippen molar-refractivity contribution in [3.05, 3.63) is 17.5 Å². The largest absolute Gasteiger partial charge is 0.363 e. The van der Waals surface area contributed by atoms with Crippen LogP contribution in [0.2, 0.25) is 0 Å². The number of nitrogens with zero attached hydrogens (tertiary/aromatic N) is 3. The van der Waals surface area contributed by atoms with Crippen LogP contribution in [0.3, 0.4) is 0 Å². The fourth-order valence-corrected chi connectivity index (χ4v) is 4.70. The van der Waals surface area contributed by atoms with Gasteiger partial charge in [-0.15, -0.1) is 35.3 Å². The van der Waals surface area contributed by atoms with Crippen LogP contribution in [-0.4, -0.2) is 62.7 Å². The van der Waals surface area contributed by atoms with Gasteiger partial charge in [-0.05, 0) is 69.1 Å². The Balaban J connectivity index is 0.00000261. The van der Waals surface area contributed by atoms with Crippen LogP contribution < -0.4 is 15.5 Å². The Hall–Kier alpha value is -0.540. The Kier molecular flexibility index (Phi) is 10.2. The Labute approximate surface area is 186 Å². The summed E-state index contributed by atoms with van der Waals surface area (Å²) in [4.78, 5) is 9.96. The number of rotatable bonds is 7. The third kappa shape index (κ3) is 7.42. The monoisotopic (exact) mass is 505 g/mol. The number of halogens is 1. The Morgan fingerprint density at radius 2 is 2.00 bits per heavy atom. The molecule has 0 amide bonds. The van der Waals surface area contributed by atoms with Crippen LogP contribution in [0.5, 0.6) is 0 Å². The standard InChI is InChI=1S/C20H35N5S.HI/c1-3-21-20(22-15-17(2)16-24-10-4-5-11-24)23-18-8-12-25(13-9-18)19-7-6-14-26-19;/h6-7,14,17-18H,3-5,8-13,15-16H2,1-2H3,(H2,21,22,23);1H. The summed E-state index contributed by atoms with van der Waals surface area (Å²) in [5.41, 5.74) is 0. The molecule has 2 aliphatic rings. The van der Waals surface area contributed by atoms with Crippen molar-refractivity contribution >= 4 is 46.3 Å². The van der Waals surface area contributed by atoms with Crippen molar-refractivity contribution in [1.82, 2.24) is 15.5 Å². The molecular formula is C20H36IN5S. The SMILES string of the molecule is CCNC(=NCC(C)CN1CCCC1)NC1CCN(c2cccs2)CC1.I. The second-order valence-corrected chi connectivity index (χ2v) is 8.62. The number of nitrogens with one attached hydrogen (secondary N) is 2. The van der Waals surface area contributed by atoms with Gasteiger partial charge in [0.15, 0.2) is 5.96 Å². The lowest BCUT2D eigenvalue weighted by Gasteiger charge is -2.33. The minimum atomic E-state index is 0. The van der Waals surface area contributed by atoms with E-state index in [1.165, 1.54) is 50.3 Å². The lowest BCUT2D eigenvalue weighted by Crippen LogP contribution is -2.48. The van der Waals surface area contributed by atoms with Gasteiger partial charge in [0.25, 0.3) is 0 Å². The second kappa shape index (κ2) is 12.1. The molecule has 0 spiro atoms. The molecule has 1 unspecified atom stereocenters. The minimum absolute atomic E-state index is 0. The Morgan fingerprint density at radius 1 is 1.26 bits per heavy atom. The predicted octanol–water partition coefficient (Wildman–Crippen LogP) is 3.62. The molecule has 3 rings (SSSR count). The molecule has 1 aromatic heterocycles. The number of likely N-dealkylation sites (tertiary alicyclic amines) is 1. The number of guanidine groups is 1. The Bertz CT molecular complexity index is 537. The van der Waals surface area contributed by atoms with E-state index < -0.39 is 0 Å². The molecule has 2 fully saturated rings. The molecule has 7 heteroatoms. The van der Waals surface area contributed by atoms with Gasteiger partial charge in [-0.2, -0.15) is 0 Å². The first-order valence-electron chi connectivity index (χ1n) is 10.3. The normalized spacial score (nSPS) is 20.4. The fraction of sp³-hybridized carbons (Fsp3) is 0.750. The van der Waals surface area contributed by atoms with E-state index in [1.54, 1.807) is 0 Å². The average Bonchev–Trinajstić information content (AvgIpc) is 3.34. The quantitative estimate of drug-likeness (QED) is 0.338. The number of aliphatic imine (C=N–C) groups is 1. The lowest BCUT2D eigenvalue weighted by atomic mass is 10.1. The molecule has 154 valence electrons. The zero-order valence-corrected chi connectivity index (χ0v) is 20.0. The third-order valence-electron chi connectivity index (χ3n) is 5.33. The van der Waals surface area contributed by atoms with Crippen molar-refractivity contribution < 1.29 is 0 Å². The molecule has 2 aliphatic heterocycles. The first kappa shape index (κ1) is 22.7. The summed E-state index contributed by atoms with van der Waals surface area (Å²) in [7, 11) is 0. The van der Waals surface area contributed by atoms with E-state index in [9.17, 15) is 0 Å². The van der Waals surface area contributed by atoms with Gasteiger partial charge in [-0.1, -0.05) is 6.92 Å². The number of piperidine rings is 1. The fourth-order valence-electron chi connectivity index (χ4n) is 3.92. The molecule has 0 aliphatic carbocycles. The summed E-state index contributed by atoms with van der Waals surface area (Å²) in [6, 6.07) is 4.90. The maximum absolute atomic E-state index is 4.87. The van der Waals surface area contributed by atoms with Crippen LogP contribution in [0.4, 0.5) is 5.00 Å². The van der Waals surface area contributed by atoms with Gasteiger partial charge < -0.3 is 20.4 Å². The maximum atomic E-state index is 4.87. The van der Waals surface area contributed by atoms with Crippen LogP contribution in [-0.2, 0) is 0 Å². The first-order chi connectivity index (χ1) is 12.7.